The molecule has 2 aromatic rings. The fraction of sp³-hybridized carbons (Fsp3) is 0.308. The normalized spacial score (nSPS) is 11.8. The number of aryl methyl sites for hydroxylation is 2. The number of hydrogen-bond donors (Lipinski definition) is 1. The molecular weight excluding hydrogens is 342 g/mol. The van der Waals surface area contributed by atoms with Gasteiger partial charge in [-0.2, -0.15) is 5.10 Å². The first-order valence-electron chi connectivity index (χ1n) is 6.13. The van der Waals surface area contributed by atoms with Crippen molar-refractivity contribution in [1.82, 2.24) is 14.5 Å². The van der Waals surface area contributed by atoms with Crippen LogP contribution in [0, 0.1) is 6.92 Å². The summed E-state index contributed by atoms with van der Waals surface area (Å²) in [6, 6.07) is 6.85. The molecule has 7 heteroatoms. The van der Waals surface area contributed by atoms with Crippen molar-refractivity contribution in [1.29, 1.82) is 0 Å². The Labute approximate surface area is 127 Å². The summed E-state index contributed by atoms with van der Waals surface area (Å²) in [7, 11) is -1.63. The van der Waals surface area contributed by atoms with Crippen molar-refractivity contribution >= 4 is 26.0 Å². The van der Waals surface area contributed by atoms with Crippen LogP contribution in [0.5, 0.6) is 0 Å². The van der Waals surface area contributed by atoms with Gasteiger partial charge in [-0.1, -0.05) is 15.9 Å². The molecule has 0 aliphatic rings. The molecule has 0 aliphatic heterocycles. The molecule has 1 aromatic carbocycles. The van der Waals surface area contributed by atoms with E-state index in [9.17, 15) is 8.42 Å². The molecule has 0 amide bonds. The van der Waals surface area contributed by atoms with Gasteiger partial charge in [0.15, 0.2) is 0 Å². The summed E-state index contributed by atoms with van der Waals surface area (Å²) in [6.07, 6.45) is 2.30. The second kappa shape index (κ2) is 6.07. The first-order chi connectivity index (χ1) is 9.40. The van der Waals surface area contributed by atoms with Crippen molar-refractivity contribution in [2.45, 2.75) is 18.2 Å². The second-order valence-corrected chi connectivity index (χ2v) is 7.13. The highest BCUT2D eigenvalue weighted by molar-refractivity contribution is 9.10. The zero-order valence-corrected chi connectivity index (χ0v) is 13.7. The highest BCUT2D eigenvalue weighted by Gasteiger charge is 2.14. The van der Waals surface area contributed by atoms with E-state index in [-0.39, 0.29) is 4.90 Å². The predicted octanol–water partition coefficient (Wildman–Crippen LogP) is 2.01. The van der Waals surface area contributed by atoms with E-state index in [1.807, 2.05) is 20.0 Å². The van der Waals surface area contributed by atoms with Gasteiger partial charge in [0.25, 0.3) is 0 Å². The van der Waals surface area contributed by atoms with E-state index in [1.54, 1.807) is 29.1 Å². The maximum Gasteiger partial charge on any atom is 0.240 e. The molecule has 0 saturated heterocycles. The first kappa shape index (κ1) is 15.2. The topological polar surface area (TPSA) is 64.0 Å². The minimum Gasteiger partial charge on any atom is -0.273 e. The van der Waals surface area contributed by atoms with Gasteiger partial charge >= 0.3 is 0 Å². The maximum atomic E-state index is 12.2. The van der Waals surface area contributed by atoms with Crippen molar-refractivity contribution in [2.75, 3.05) is 6.54 Å². The van der Waals surface area contributed by atoms with Gasteiger partial charge in [-0.25, -0.2) is 13.1 Å². The molecule has 0 fully saturated rings. The Hall–Kier alpha value is -1.18. The molecule has 0 atom stereocenters. The van der Waals surface area contributed by atoms with Crippen molar-refractivity contribution in [3.8, 4) is 0 Å². The minimum atomic E-state index is -3.47. The lowest BCUT2D eigenvalue weighted by Crippen LogP contribution is -2.26. The molecule has 0 spiro atoms. The summed E-state index contributed by atoms with van der Waals surface area (Å²) in [5.74, 6) is 0. The van der Waals surface area contributed by atoms with Crippen LogP contribution in [0.3, 0.4) is 0 Å². The third-order valence-electron chi connectivity index (χ3n) is 3.04. The average molecular weight is 358 g/mol. The number of sulfonamides is 1. The van der Waals surface area contributed by atoms with Crippen LogP contribution in [0.4, 0.5) is 0 Å². The van der Waals surface area contributed by atoms with Crippen molar-refractivity contribution in [3.63, 3.8) is 0 Å². The molecule has 1 N–H and O–H groups in total. The van der Waals surface area contributed by atoms with Gasteiger partial charge in [-0.05, 0) is 36.8 Å². The molecule has 0 aliphatic carbocycles. The quantitative estimate of drug-likeness (QED) is 0.889. The summed E-state index contributed by atoms with van der Waals surface area (Å²) >= 11 is 3.36. The molecule has 20 heavy (non-hydrogen) atoms. The summed E-state index contributed by atoms with van der Waals surface area (Å²) in [5.41, 5.74) is 1.87. The Morgan fingerprint density at radius 1 is 1.35 bits per heavy atom. The van der Waals surface area contributed by atoms with E-state index in [2.05, 4.69) is 25.8 Å². The standard InChI is InChI=1S/C13H16BrN3O2S/c1-10-9-12(3-4-13(10)14)20(18,19)16-8-6-11-5-7-15-17(11)2/h3-5,7,9,16H,6,8H2,1-2H3. The van der Waals surface area contributed by atoms with E-state index in [0.29, 0.717) is 13.0 Å². The number of nitrogens with zero attached hydrogens (tertiary/aromatic N) is 2. The number of benzene rings is 1. The molecule has 0 radical (unpaired) electrons. The summed E-state index contributed by atoms with van der Waals surface area (Å²) in [6.45, 7) is 2.20. The number of halogens is 1. The smallest absolute Gasteiger partial charge is 0.240 e. The second-order valence-electron chi connectivity index (χ2n) is 4.50. The Morgan fingerprint density at radius 3 is 2.70 bits per heavy atom. The van der Waals surface area contributed by atoms with Gasteiger partial charge < -0.3 is 0 Å². The van der Waals surface area contributed by atoms with E-state index in [0.717, 1.165) is 15.7 Å². The van der Waals surface area contributed by atoms with Gasteiger partial charge in [0.2, 0.25) is 10.0 Å². The van der Waals surface area contributed by atoms with Gasteiger partial charge in [0.1, 0.15) is 0 Å². The summed E-state index contributed by atoms with van der Waals surface area (Å²) in [4.78, 5) is 0.281. The maximum absolute atomic E-state index is 12.2. The molecule has 0 saturated carbocycles. The van der Waals surface area contributed by atoms with Crippen LogP contribution < -0.4 is 4.72 Å². The molecule has 0 bridgehead atoms. The Morgan fingerprint density at radius 2 is 2.10 bits per heavy atom. The molecule has 5 nitrogen and oxygen atoms in total. The zero-order chi connectivity index (χ0) is 14.8. The van der Waals surface area contributed by atoms with Crippen LogP contribution in [0.25, 0.3) is 0 Å². The summed E-state index contributed by atoms with van der Waals surface area (Å²) in [5, 5.41) is 4.05. The van der Waals surface area contributed by atoms with Crippen molar-refractivity contribution in [3.05, 3.63) is 46.2 Å². The fourth-order valence-electron chi connectivity index (χ4n) is 1.83. The minimum absolute atomic E-state index is 0.281. The van der Waals surface area contributed by atoms with Crippen LogP contribution in [0.1, 0.15) is 11.3 Å². The number of rotatable bonds is 5. The molecule has 108 valence electrons. The predicted molar refractivity (Wildman–Crippen MR) is 81.0 cm³/mol. The highest BCUT2D eigenvalue weighted by Crippen LogP contribution is 2.19. The third-order valence-corrected chi connectivity index (χ3v) is 5.38. The number of aromatic nitrogens is 2. The monoisotopic (exact) mass is 357 g/mol. The lowest BCUT2D eigenvalue weighted by atomic mass is 10.2. The molecule has 2 rings (SSSR count). The summed E-state index contributed by atoms with van der Waals surface area (Å²) < 4.78 is 29.6. The number of hydrogen-bond acceptors (Lipinski definition) is 3. The Balaban J connectivity index is 2.04. The van der Waals surface area contributed by atoms with Crippen LogP contribution in [0.2, 0.25) is 0 Å². The van der Waals surface area contributed by atoms with Crippen LogP contribution in [0.15, 0.2) is 39.8 Å². The fourth-order valence-corrected chi connectivity index (χ4v) is 3.19. The number of nitrogens with one attached hydrogen (secondary N) is 1. The van der Waals surface area contributed by atoms with Crippen LogP contribution in [-0.2, 0) is 23.5 Å². The zero-order valence-electron chi connectivity index (χ0n) is 11.3. The van der Waals surface area contributed by atoms with Gasteiger partial charge in [-0.3, -0.25) is 4.68 Å². The van der Waals surface area contributed by atoms with Gasteiger partial charge in [-0.15, -0.1) is 0 Å². The van der Waals surface area contributed by atoms with E-state index < -0.39 is 10.0 Å². The Bertz CT molecular complexity index is 710. The molecule has 1 heterocycles. The SMILES string of the molecule is Cc1cc(S(=O)(=O)NCCc2ccnn2C)ccc1Br. The van der Waals surface area contributed by atoms with Gasteiger partial charge in [0.05, 0.1) is 4.90 Å². The van der Waals surface area contributed by atoms with Crippen LogP contribution in [-0.4, -0.2) is 24.7 Å². The van der Waals surface area contributed by atoms with Crippen molar-refractivity contribution in [2.24, 2.45) is 7.05 Å². The van der Waals surface area contributed by atoms with E-state index in [4.69, 9.17) is 0 Å². The molecular formula is C13H16BrN3O2S. The Kier molecular flexibility index (Phi) is 4.62. The lowest BCUT2D eigenvalue weighted by Gasteiger charge is -2.08. The van der Waals surface area contributed by atoms with E-state index >= 15 is 0 Å². The van der Waals surface area contributed by atoms with E-state index in [1.165, 1.54) is 0 Å². The highest BCUT2D eigenvalue weighted by atomic mass is 79.9. The first-order valence-corrected chi connectivity index (χ1v) is 8.40. The van der Waals surface area contributed by atoms with Gasteiger partial charge in [0, 0.05) is 36.4 Å². The average Bonchev–Trinajstić information content (AvgIpc) is 2.78. The lowest BCUT2D eigenvalue weighted by molar-refractivity contribution is 0.579. The largest absolute Gasteiger partial charge is 0.273 e. The molecule has 1 aromatic heterocycles. The van der Waals surface area contributed by atoms with Crippen molar-refractivity contribution < 1.29 is 8.42 Å². The molecule has 0 unspecified atom stereocenters. The van der Waals surface area contributed by atoms with Crippen LogP contribution >= 0.6 is 15.9 Å². The third kappa shape index (κ3) is 3.47.